The van der Waals surface area contributed by atoms with Gasteiger partial charge >= 0.3 is 0 Å². The molecule has 1 aromatic carbocycles. The highest BCUT2D eigenvalue weighted by molar-refractivity contribution is 5.93. The van der Waals surface area contributed by atoms with Crippen LogP contribution in [0, 0.1) is 0 Å². The molecule has 23 heavy (non-hydrogen) atoms. The number of likely N-dealkylation sites (tertiary alicyclic amines) is 1. The van der Waals surface area contributed by atoms with E-state index in [1.54, 1.807) is 0 Å². The topological polar surface area (TPSA) is 61.8 Å². The van der Waals surface area contributed by atoms with Crippen molar-refractivity contribution in [3.05, 3.63) is 23.8 Å². The van der Waals surface area contributed by atoms with Crippen LogP contribution in [0.3, 0.4) is 0 Å². The smallest absolute Gasteiger partial charge is 0.224 e. The molecule has 0 spiro atoms. The summed E-state index contributed by atoms with van der Waals surface area (Å²) in [4.78, 5) is 13.7. The summed E-state index contributed by atoms with van der Waals surface area (Å²) in [5.74, 6) is 0.936. The predicted octanol–water partition coefficient (Wildman–Crippen LogP) is 2.19. The number of fused-ring (bicyclic) bond motifs is 1. The molecule has 2 unspecified atom stereocenters. The van der Waals surface area contributed by atoms with Gasteiger partial charge < -0.3 is 15.2 Å². The van der Waals surface area contributed by atoms with Gasteiger partial charge in [-0.2, -0.15) is 0 Å². The van der Waals surface area contributed by atoms with Crippen molar-refractivity contribution < 1.29 is 14.6 Å². The molecule has 2 N–H and O–H groups in total. The molecule has 126 valence electrons. The number of hydrogen-bond donors (Lipinski definition) is 2. The second kappa shape index (κ2) is 7.32. The van der Waals surface area contributed by atoms with Crippen molar-refractivity contribution in [1.29, 1.82) is 0 Å². The number of carbonyl (C=O) groups excluding carboxylic acids is 1. The van der Waals surface area contributed by atoms with Crippen molar-refractivity contribution in [2.24, 2.45) is 0 Å². The Labute approximate surface area is 137 Å². The summed E-state index contributed by atoms with van der Waals surface area (Å²) in [7, 11) is 0. The van der Waals surface area contributed by atoms with Gasteiger partial charge in [-0.05, 0) is 56.5 Å². The molecule has 1 aromatic rings. The van der Waals surface area contributed by atoms with Gasteiger partial charge in [-0.3, -0.25) is 9.69 Å². The maximum absolute atomic E-state index is 11.4. The van der Waals surface area contributed by atoms with Crippen LogP contribution < -0.4 is 10.1 Å². The van der Waals surface area contributed by atoms with Crippen LogP contribution in [0.4, 0.5) is 5.69 Å². The lowest BCUT2D eigenvalue weighted by Crippen LogP contribution is -2.47. The zero-order chi connectivity index (χ0) is 16.2. The quantitative estimate of drug-likeness (QED) is 0.873. The Morgan fingerprint density at radius 1 is 1.39 bits per heavy atom. The number of ether oxygens (including phenoxy) is 1. The fraction of sp³-hybridized carbons (Fsp3) is 0.611. The van der Waals surface area contributed by atoms with Crippen LogP contribution in [0.5, 0.6) is 5.75 Å². The summed E-state index contributed by atoms with van der Waals surface area (Å²) in [6.45, 7) is 4.37. The summed E-state index contributed by atoms with van der Waals surface area (Å²) < 4.78 is 5.89. The van der Waals surface area contributed by atoms with Crippen molar-refractivity contribution in [2.45, 2.75) is 51.2 Å². The van der Waals surface area contributed by atoms with Crippen LogP contribution in [0.1, 0.15) is 38.2 Å². The van der Waals surface area contributed by atoms with Crippen LogP contribution in [0.15, 0.2) is 18.2 Å². The molecule has 1 fully saturated rings. The summed E-state index contributed by atoms with van der Waals surface area (Å²) in [5.41, 5.74) is 2.04. The van der Waals surface area contributed by atoms with Gasteiger partial charge in [-0.1, -0.05) is 6.42 Å². The first kappa shape index (κ1) is 16.3. The normalized spacial score (nSPS) is 23.0. The molecule has 0 radical (unpaired) electrons. The number of anilines is 1. The lowest BCUT2D eigenvalue weighted by Gasteiger charge is -2.37. The van der Waals surface area contributed by atoms with Gasteiger partial charge in [0.1, 0.15) is 12.4 Å². The molecule has 0 aliphatic carbocycles. The summed E-state index contributed by atoms with van der Waals surface area (Å²) in [5, 5.41) is 12.8. The molecule has 2 aliphatic rings. The van der Waals surface area contributed by atoms with E-state index in [2.05, 4.69) is 10.2 Å². The number of amides is 1. The largest absolute Gasteiger partial charge is 0.492 e. The Kier molecular flexibility index (Phi) is 5.18. The molecule has 5 nitrogen and oxygen atoms in total. The third-order valence-electron chi connectivity index (χ3n) is 4.84. The lowest BCUT2D eigenvalue weighted by molar-refractivity contribution is -0.116. The molecule has 2 heterocycles. The van der Waals surface area contributed by atoms with E-state index >= 15 is 0 Å². The number of nitrogens with one attached hydrogen (secondary N) is 1. The zero-order valence-electron chi connectivity index (χ0n) is 13.8. The zero-order valence-corrected chi connectivity index (χ0v) is 13.8. The van der Waals surface area contributed by atoms with E-state index in [-0.39, 0.29) is 18.1 Å². The van der Waals surface area contributed by atoms with Gasteiger partial charge in [0.2, 0.25) is 5.91 Å². The number of benzene rings is 1. The van der Waals surface area contributed by atoms with Crippen LogP contribution in [0.25, 0.3) is 0 Å². The van der Waals surface area contributed by atoms with E-state index in [0.29, 0.717) is 13.0 Å². The molecular weight excluding hydrogens is 292 g/mol. The van der Waals surface area contributed by atoms with Crippen LogP contribution >= 0.6 is 0 Å². The highest BCUT2D eigenvalue weighted by Gasteiger charge is 2.25. The monoisotopic (exact) mass is 318 g/mol. The highest BCUT2D eigenvalue weighted by Crippen LogP contribution is 2.27. The summed E-state index contributed by atoms with van der Waals surface area (Å²) in [6.07, 6.45) is 4.48. The molecule has 5 heteroatoms. The number of piperidine rings is 1. The van der Waals surface area contributed by atoms with Crippen molar-refractivity contribution in [3.63, 3.8) is 0 Å². The predicted molar refractivity (Wildman–Crippen MR) is 89.8 cm³/mol. The minimum absolute atomic E-state index is 0.0837. The van der Waals surface area contributed by atoms with Gasteiger partial charge in [-0.15, -0.1) is 0 Å². The number of carbonyl (C=O) groups is 1. The minimum atomic E-state index is -0.289. The number of aliphatic hydroxyl groups excluding tert-OH is 1. The minimum Gasteiger partial charge on any atom is -0.492 e. The van der Waals surface area contributed by atoms with Gasteiger partial charge in [-0.25, -0.2) is 0 Å². The summed E-state index contributed by atoms with van der Waals surface area (Å²) in [6, 6.07) is 6.11. The lowest BCUT2D eigenvalue weighted by atomic mass is 9.98. The molecule has 3 rings (SSSR count). The molecule has 0 aromatic heterocycles. The first-order chi connectivity index (χ1) is 11.1. The average Bonchev–Trinajstić information content (AvgIpc) is 2.55. The second-order valence-corrected chi connectivity index (χ2v) is 6.56. The maximum atomic E-state index is 11.4. The van der Waals surface area contributed by atoms with Gasteiger partial charge in [0.25, 0.3) is 0 Å². The van der Waals surface area contributed by atoms with E-state index in [9.17, 15) is 9.90 Å². The molecule has 1 amide bonds. The molecule has 2 atom stereocenters. The van der Waals surface area contributed by atoms with Crippen LogP contribution in [-0.4, -0.2) is 47.8 Å². The number of nitrogens with zero attached hydrogens (tertiary/aromatic N) is 1. The Morgan fingerprint density at radius 2 is 2.26 bits per heavy atom. The Morgan fingerprint density at radius 3 is 3.09 bits per heavy atom. The number of aliphatic hydroxyl groups is 1. The fourth-order valence-corrected chi connectivity index (χ4v) is 3.57. The van der Waals surface area contributed by atoms with E-state index in [1.165, 1.54) is 12.8 Å². The molecule has 0 saturated carbocycles. The number of aryl methyl sites for hydroxylation is 1. The summed E-state index contributed by atoms with van der Waals surface area (Å²) >= 11 is 0. The third-order valence-corrected chi connectivity index (χ3v) is 4.84. The number of rotatable bonds is 5. The molecule has 1 saturated heterocycles. The van der Waals surface area contributed by atoms with Crippen molar-refractivity contribution in [3.8, 4) is 5.75 Å². The number of hydrogen-bond acceptors (Lipinski definition) is 4. The van der Waals surface area contributed by atoms with Crippen LogP contribution in [-0.2, 0) is 11.2 Å². The van der Waals surface area contributed by atoms with E-state index in [4.69, 9.17) is 4.74 Å². The van der Waals surface area contributed by atoms with E-state index in [1.807, 2.05) is 25.1 Å². The second-order valence-electron chi connectivity index (χ2n) is 6.56. The van der Waals surface area contributed by atoms with Gasteiger partial charge in [0, 0.05) is 24.7 Å². The Bertz CT molecular complexity index is 559. The van der Waals surface area contributed by atoms with Gasteiger partial charge in [0.05, 0.1) is 6.10 Å². The first-order valence-corrected chi connectivity index (χ1v) is 8.61. The van der Waals surface area contributed by atoms with Crippen molar-refractivity contribution in [1.82, 2.24) is 4.90 Å². The SMILES string of the molecule is CC(O)C1CCCCN1CCOc1ccc2c(c1)CCC(=O)N2. The molecule has 2 aliphatic heterocycles. The van der Waals surface area contributed by atoms with Crippen molar-refractivity contribution in [2.75, 3.05) is 25.0 Å². The fourth-order valence-electron chi connectivity index (χ4n) is 3.57. The molecular formula is C18H26N2O3. The molecule has 0 bridgehead atoms. The van der Waals surface area contributed by atoms with Crippen LogP contribution in [0.2, 0.25) is 0 Å². The third kappa shape index (κ3) is 4.03. The Hall–Kier alpha value is -1.59. The van der Waals surface area contributed by atoms with E-state index < -0.39 is 0 Å². The van der Waals surface area contributed by atoms with E-state index in [0.717, 1.165) is 42.9 Å². The Balaban J connectivity index is 1.53. The highest BCUT2D eigenvalue weighted by atomic mass is 16.5. The first-order valence-electron chi connectivity index (χ1n) is 8.61. The maximum Gasteiger partial charge on any atom is 0.224 e. The standard InChI is InChI=1S/C18H26N2O3/c1-13(21)17-4-2-3-9-20(17)10-11-23-15-6-7-16-14(12-15)5-8-18(22)19-16/h6-7,12-13,17,21H,2-5,8-11H2,1H3,(H,19,22). The van der Waals surface area contributed by atoms with Gasteiger partial charge in [0.15, 0.2) is 0 Å². The average molecular weight is 318 g/mol. The van der Waals surface area contributed by atoms with Crippen molar-refractivity contribution >= 4 is 11.6 Å².